The van der Waals surface area contributed by atoms with Gasteiger partial charge in [-0.25, -0.2) is 0 Å². The van der Waals surface area contributed by atoms with E-state index in [1.165, 1.54) is 12.8 Å². The Morgan fingerprint density at radius 3 is 2.67 bits per heavy atom. The van der Waals surface area contributed by atoms with Crippen molar-refractivity contribution >= 4 is 22.8 Å². The highest BCUT2D eigenvalue weighted by Crippen LogP contribution is 2.33. The Bertz CT molecular complexity index is 563. The second kappa shape index (κ2) is 3.90. The molecule has 0 spiro atoms. The summed E-state index contributed by atoms with van der Waals surface area (Å²) < 4.78 is 5.79. The molecule has 4 heteroatoms. The summed E-state index contributed by atoms with van der Waals surface area (Å²) >= 11 is 0. The molecule has 18 heavy (non-hydrogen) atoms. The highest BCUT2D eigenvalue weighted by molar-refractivity contribution is 5.86. The first kappa shape index (κ1) is 11.4. The van der Waals surface area contributed by atoms with Crippen LogP contribution in [0.1, 0.15) is 26.7 Å². The molecule has 2 heterocycles. The van der Waals surface area contributed by atoms with Crippen LogP contribution in [0.25, 0.3) is 11.1 Å². The maximum atomic E-state index is 5.90. The number of nitrogens with zero attached hydrogens (tertiary/aromatic N) is 2. The average Bonchev–Trinajstić information content (AvgIpc) is 2.74. The Labute approximate surface area is 107 Å². The van der Waals surface area contributed by atoms with E-state index in [1.54, 1.807) is 0 Å². The van der Waals surface area contributed by atoms with Crippen LogP contribution in [0.5, 0.6) is 0 Å². The molecular formula is C14H19N3O. The summed E-state index contributed by atoms with van der Waals surface area (Å²) in [5, 5.41) is 0. The molecular weight excluding hydrogens is 226 g/mol. The van der Waals surface area contributed by atoms with E-state index in [0.29, 0.717) is 17.1 Å². The van der Waals surface area contributed by atoms with Crippen molar-refractivity contribution in [2.45, 2.75) is 26.7 Å². The van der Waals surface area contributed by atoms with Gasteiger partial charge >= 0.3 is 0 Å². The molecule has 96 valence electrons. The van der Waals surface area contributed by atoms with Crippen LogP contribution in [0.15, 0.2) is 22.6 Å². The van der Waals surface area contributed by atoms with Crippen molar-refractivity contribution in [3.05, 3.63) is 18.2 Å². The molecule has 0 amide bonds. The fourth-order valence-electron chi connectivity index (χ4n) is 2.40. The first-order valence-electron chi connectivity index (χ1n) is 6.45. The highest BCUT2D eigenvalue weighted by Gasteiger charge is 2.27. The summed E-state index contributed by atoms with van der Waals surface area (Å²) in [5.41, 5.74) is 8.56. The van der Waals surface area contributed by atoms with Gasteiger partial charge in [-0.1, -0.05) is 19.9 Å². The lowest BCUT2D eigenvalue weighted by molar-refractivity contribution is 0.274. The largest absolute Gasteiger partial charge is 0.423 e. The van der Waals surface area contributed by atoms with Gasteiger partial charge in [0.15, 0.2) is 5.58 Å². The third-order valence-corrected chi connectivity index (χ3v) is 3.83. The Morgan fingerprint density at radius 1 is 1.28 bits per heavy atom. The van der Waals surface area contributed by atoms with Gasteiger partial charge in [-0.15, -0.1) is 0 Å². The number of oxazole rings is 1. The van der Waals surface area contributed by atoms with Crippen molar-refractivity contribution in [3.63, 3.8) is 0 Å². The number of nitrogen functional groups attached to an aromatic ring is 1. The van der Waals surface area contributed by atoms with Gasteiger partial charge in [0.25, 0.3) is 6.01 Å². The van der Waals surface area contributed by atoms with E-state index in [4.69, 9.17) is 10.2 Å². The van der Waals surface area contributed by atoms with Crippen molar-refractivity contribution in [2.24, 2.45) is 5.41 Å². The van der Waals surface area contributed by atoms with E-state index >= 15 is 0 Å². The number of hydrogen-bond acceptors (Lipinski definition) is 4. The van der Waals surface area contributed by atoms with E-state index in [-0.39, 0.29) is 0 Å². The zero-order chi connectivity index (χ0) is 12.8. The predicted molar refractivity (Wildman–Crippen MR) is 73.6 cm³/mol. The van der Waals surface area contributed by atoms with Crippen molar-refractivity contribution in [1.82, 2.24) is 4.98 Å². The molecule has 1 saturated heterocycles. The van der Waals surface area contributed by atoms with Crippen molar-refractivity contribution < 1.29 is 4.42 Å². The van der Waals surface area contributed by atoms with Crippen molar-refractivity contribution in [2.75, 3.05) is 23.7 Å². The fourth-order valence-corrected chi connectivity index (χ4v) is 2.40. The smallest absolute Gasteiger partial charge is 0.298 e. The molecule has 1 aliphatic rings. The second-order valence-electron chi connectivity index (χ2n) is 5.84. The minimum absolute atomic E-state index is 0.432. The lowest BCUT2D eigenvalue weighted by atomic mass is 9.83. The lowest BCUT2D eigenvalue weighted by Gasteiger charge is -2.35. The number of para-hydroxylation sites is 1. The molecule has 1 aromatic heterocycles. The van der Waals surface area contributed by atoms with Crippen LogP contribution in [0.2, 0.25) is 0 Å². The summed E-state index contributed by atoms with van der Waals surface area (Å²) in [6.45, 7) is 6.63. The number of piperidine rings is 1. The van der Waals surface area contributed by atoms with Crippen LogP contribution in [0.4, 0.5) is 11.7 Å². The van der Waals surface area contributed by atoms with Crippen molar-refractivity contribution in [1.29, 1.82) is 0 Å². The monoisotopic (exact) mass is 245 g/mol. The molecule has 1 aliphatic heterocycles. The summed E-state index contributed by atoms with van der Waals surface area (Å²) in [5.74, 6) is 0. The number of nitrogens with two attached hydrogens (primary N) is 1. The quantitative estimate of drug-likeness (QED) is 0.785. The number of rotatable bonds is 1. The molecule has 1 aromatic carbocycles. The van der Waals surface area contributed by atoms with Gasteiger partial charge in [0.2, 0.25) is 0 Å². The minimum Gasteiger partial charge on any atom is -0.423 e. The maximum absolute atomic E-state index is 5.90. The third kappa shape index (κ3) is 1.92. The van der Waals surface area contributed by atoms with Crippen molar-refractivity contribution in [3.8, 4) is 0 Å². The third-order valence-electron chi connectivity index (χ3n) is 3.83. The van der Waals surface area contributed by atoms with Gasteiger partial charge in [0.1, 0.15) is 5.52 Å². The fraction of sp³-hybridized carbons (Fsp3) is 0.500. The molecule has 0 aliphatic carbocycles. The SMILES string of the molecule is CC1(C)CCN(c2nc3c(N)cccc3o2)CC1. The van der Waals surface area contributed by atoms with Crippen LogP contribution in [-0.2, 0) is 0 Å². The number of hydrogen-bond donors (Lipinski definition) is 1. The van der Waals surface area contributed by atoms with Gasteiger partial charge in [-0.3, -0.25) is 0 Å². The number of fused-ring (bicyclic) bond motifs is 1. The van der Waals surface area contributed by atoms with Gasteiger partial charge in [0, 0.05) is 13.1 Å². The standard InChI is InChI=1S/C14H19N3O/c1-14(2)6-8-17(9-7-14)13-16-12-10(15)4-3-5-11(12)18-13/h3-5H,6-9,15H2,1-2H3. The normalized spacial score (nSPS) is 19.3. The molecule has 1 fully saturated rings. The molecule has 2 N–H and O–H groups in total. The number of aromatic nitrogens is 1. The number of anilines is 2. The number of benzene rings is 1. The molecule has 0 radical (unpaired) electrons. The lowest BCUT2D eigenvalue weighted by Crippen LogP contribution is -2.37. The van der Waals surface area contributed by atoms with Gasteiger partial charge in [0.05, 0.1) is 5.69 Å². The highest BCUT2D eigenvalue weighted by atomic mass is 16.4. The molecule has 4 nitrogen and oxygen atoms in total. The van der Waals surface area contributed by atoms with E-state index < -0.39 is 0 Å². The Morgan fingerprint density at radius 2 is 2.00 bits per heavy atom. The molecule has 2 aromatic rings. The van der Waals surface area contributed by atoms with E-state index in [1.807, 2.05) is 18.2 Å². The first-order chi connectivity index (χ1) is 8.55. The maximum Gasteiger partial charge on any atom is 0.298 e. The zero-order valence-corrected chi connectivity index (χ0v) is 10.9. The summed E-state index contributed by atoms with van der Waals surface area (Å²) in [6.07, 6.45) is 2.34. The minimum atomic E-state index is 0.432. The predicted octanol–water partition coefficient (Wildman–Crippen LogP) is 3.04. The second-order valence-corrected chi connectivity index (χ2v) is 5.84. The van der Waals surface area contributed by atoms with E-state index in [0.717, 1.165) is 24.2 Å². The van der Waals surface area contributed by atoms with Gasteiger partial charge in [-0.05, 0) is 30.4 Å². The van der Waals surface area contributed by atoms with Crippen LogP contribution in [0, 0.1) is 5.41 Å². The van der Waals surface area contributed by atoms with Gasteiger partial charge in [-0.2, -0.15) is 4.98 Å². The molecule has 3 rings (SSSR count). The van der Waals surface area contributed by atoms with Crippen LogP contribution < -0.4 is 10.6 Å². The van der Waals surface area contributed by atoms with Crippen LogP contribution in [-0.4, -0.2) is 18.1 Å². The van der Waals surface area contributed by atoms with E-state index in [2.05, 4.69) is 23.7 Å². The summed E-state index contributed by atoms with van der Waals surface area (Å²) in [4.78, 5) is 6.73. The van der Waals surface area contributed by atoms with Gasteiger partial charge < -0.3 is 15.1 Å². The average molecular weight is 245 g/mol. The van der Waals surface area contributed by atoms with Crippen LogP contribution >= 0.6 is 0 Å². The zero-order valence-electron chi connectivity index (χ0n) is 10.9. The van der Waals surface area contributed by atoms with Crippen LogP contribution in [0.3, 0.4) is 0 Å². The summed E-state index contributed by atoms with van der Waals surface area (Å²) in [6, 6.07) is 6.37. The molecule has 0 bridgehead atoms. The first-order valence-corrected chi connectivity index (χ1v) is 6.45. The summed E-state index contributed by atoms with van der Waals surface area (Å²) in [7, 11) is 0. The molecule has 0 unspecified atom stereocenters. The topological polar surface area (TPSA) is 55.3 Å². The molecule has 0 saturated carbocycles. The Kier molecular flexibility index (Phi) is 2.47. The Hall–Kier alpha value is -1.71. The molecule has 0 atom stereocenters. The Balaban J connectivity index is 1.89. The van der Waals surface area contributed by atoms with E-state index in [9.17, 15) is 0 Å².